The number of rotatable bonds is 4. The zero-order valence-electron chi connectivity index (χ0n) is 11.7. The van der Waals surface area contributed by atoms with Crippen LogP contribution in [0, 0.1) is 5.82 Å². The number of benzene rings is 1. The van der Waals surface area contributed by atoms with Gasteiger partial charge in [0.2, 0.25) is 5.91 Å². The SMILES string of the molecule is NCCN1CCCN(C(=O)Cc2ccc(F)cc2)CC1. The molecule has 0 bridgehead atoms. The molecule has 1 amide bonds. The molecular formula is C15H22FN3O. The van der Waals surface area contributed by atoms with Crippen molar-refractivity contribution in [3.63, 3.8) is 0 Å². The smallest absolute Gasteiger partial charge is 0.227 e. The van der Waals surface area contributed by atoms with Gasteiger partial charge in [0.1, 0.15) is 5.82 Å². The lowest BCUT2D eigenvalue weighted by molar-refractivity contribution is -0.130. The van der Waals surface area contributed by atoms with Gasteiger partial charge in [-0.05, 0) is 30.7 Å². The summed E-state index contributed by atoms with van der Waals surface area (Å²) in [6, 6.07) is 6.14. The molecule has 0 spiro atoms. The monoisotopic (exact) mass is 279 g/mol. The highest BCUT2D eigenvalue weighted by atomic mass is 19.1. The van der Waals surface area contributed by atoms with Gasteiger partial charge in [0.15, 0.2) is 0 Å². The second-order valence-electron chi connectivity index (χ2n) is 5.17. The molecule has 1 saturated heterocycles. The summed E-state index contributed by atoms with van der Waals surface area (Å²) in [5.41, 5.74) is 6.43. The van der Waals surface area contributed by atoms with Gasteiger partial charge >= 0.3 is 0 Å². The highest BCUT2D eigenvalue weighted by molar-refractivity contribution is 5.78. The van der Waals surface area contributed by atoms with Gasteiger partial charge in [-0.15, -0.1) is 0 Å². The molecule has 0 aliphatic carbocycles. The fraction of sp³-hybridized carbons (Fsp3) is 0.533. The molecule has 1 aromatic carbocycles. The summed E-state index contributed by atoms with van der Waals surface area (Å²) in [6.45, 7) is 4.97. The molecule has 0 saturated carbocycles. The van der Waals surface area contributed by atoms with E-state index in [0.29, 0.717) is 13.0 Å². The first-order valence-electron chi connectivity index (χ1n) is 7.13. The summed E-state index contributed by atoms with van der Waals surface area (Å²) in [5, 5.41) is 0. The average Bonchev–Trinajstić information content (AvgIpc) is 2.67. The minimum Gasteiger partial charge on any atom is -0.341 e. The maximum Gasteiger partial charge on any atom is 0.227 e. The molecule has 2 rings (SSSR count). The Labute approximate surface area is 119 Å². The van der Waals surface area contributed by atoms with E-state index in [0.717, 1.165) is 44.7 Å². The number of halogens is 1. The van der Waals surface area contributed by atoms with Crippen molar-refractivity contribution >= 4 is 5.91 Å². The summed E-state index contributed by atoms with van der Waals surface area (Å²) in [5.74, 6) is -0.153. The molecule has 20 heavy (non-hydrogen) atoms. The Hall–Kier alpha value is -1.46. The summed E-state index contributed by atoms with van der Waals surface area (Å²) in [6.07, 6.45) is 1.33. The Morgan fingerprint density at radius 1 is 1.15 bits per heavy atom. The Balaban J connectivity index is 1.87. The fourth-order valence-corrected chi connectivity index (χ4v) is 2.52. The summed E-state index contributed by atoms with van der Waals surface area (Å²) >= 11 is 0. The Morgan fingerprint density at radius 3 is 2.60 bits per heavy atom. The number of carbonyl (C=O) groups is 1. The van der Waals surface area contributed by atoms with Crippen LogP contribution < -0.4 is 5.73 Å². The zero-order valence-corrected chi connectivity index (χ0v) is 11.7. The van der Waals surface area contributed by atoms with E-state index in [2.05, 4.69) is 4.90 Å². The Bertz CT molecular complexity index is 435. The van der Waals surface area contributed by atoms with Crippen LogP contribution in [0.4, 0.5) is 4.39 Å². The maximum atomic E-state index is 12.8. The first-order chi connectivity index (χ1) is 9.69. The largest absolute Gasteiger partial charge is 0.341 e. The van der Waals surface area contributed by atoms with Crippen molar-refractivity contribution in [3.05, 3.63) is 35.6 Å². The van der Waals surface area contributed by atoms with Crippen LogP contribution in [-0.2, 0) is 11.2 Å². The summed E-state index contributed by atoms with van der Waals surface area (Å²) in [4.78, 5) is 16.5. The van der Waals surface area contributed by atoms with Crippen molar-refractivity contribution in [1.29, 1.82) is 0 Å². The highest BCUT2D eigenvalue weighted by Crippen LogP contribution is 2.08. The number of amides is 1. The molecule has 4 nitrogen and oxygen atoms in total. The van der Waals surface area contributed by atoms with Gasteiger partial charge in [-0.3, -0.25) is 4.79 Å². The normalized spacial score (nSPS) is 17.0. The molecule has 1 aliphatic heterocycles. The minimum atomic E-state index is -0.270. The van der Waals surface area contributed by atoms with Crippen molar-refractivity contribution in [3.8, 4) is 0 Å². The number of nitrogens with two attached hydrogens (primary N) is 1. The van der Waals surface area contributed by atoms with Crippen molar-refractivity contribution in [2.24, 2.45) is 5.73 Å². The van der Waals surface area contributed by atoms with Gasteiger partial charge < -0.3 is 15.5 Å². The van der Waals surface area contributed by atoms with E-state index >= 15 is 0 Å². The van der Waals surface area contributed by atoms with E-state index < -0.39 is 0 Å². The van der Waals surface area contributed by atoms with Crippen LogP contribution in [0.1, 0.15) is 12.0 Å². The van der Waals surface area contributed by atoms with E-state index in [1.54, 1.807) is 12.1 Å². The fourth-order valence-electron chi connectivity index (χ4n) is 2.52. The van der Waals surface area contributed by atoms with Crippen molar-refractivity contribution in [2.45, 2.75) is 12.8 Å². The van der Waals surface area contributed by atoms with E-state index in [1.807, 2.05) is 4.90 Å². The lowest BCUT2D eigenvalue weighted by Gasteiger charge is -2.21. The molecule has 1 aliphatic rings. The Kier molecular flexibility index (Phi) is 5.49. The molecule has 0 atom stereocenters. The Morgan fingerprint density at radius 2 is 1.90 bits per heavy atom. The first-order valence-corrected chi connectivity index (χ1v) is 7.13. The number of carbonyl (C=O) groups excluding carboxylic acids is 1. The predicted molar refractivity (Wildman–Crippen MR) is 76.8 cm³/mol. The molecule has 2 N–H and O–H groups in total. The van der Waals surface area contributed by atoms with E-state index in [1.165, 1.54) is 12.1 Å². The third-order valence-corrected chi connectivity index (χ3v) is 3.66. The zero-order chi connectivity index (χ0) is 14.4. The molecule has 1 fully saturated rings. The summed E-state index contributed by atoms with van der Waals surface area (Å²) < 4.78 is 12.8. The maximum absolute atomic E-state index is 12.8. The highest BCUT2D eigenvalue weighted by Gasteiger charge is 2.18. The van der Waals surface area contributed by atoms with Crippen molar-refractivity contribution in [1.82, 2.24) is 9.80 Å². The van der Waals surface area contributed by atoms with Crippen LogP contribution in [0.15, 0.2) is 24.3 Å². The first kappa shape index (κ1) is 14.9. The topological polar surface area (TPSA) is 49.6 Å². The number of nitrogens with zero attached hydrogens (tertiary/aromatic N) is 2. The quantitative estimate of drug-likeness (QED) is 0.889. The van der Waals surface area contributed by atoms with Gasteiger partial charge in [-0.2, -0.15) is 0 Å². The van der Waals surface area contributed by atoms with Gasteiger partial charge in [-0.1, -0.05) is 12.1 Å². The van der Waals surface area contributed by atoms with Gasteiger partial charge in [-0.25, -0.2) is 4.39 Å². The van der Waals surface area contributed by atoms with Crippen LogP contribution in [-0.4, -0.2) is 55.0 Å². The molecular weight excluding hydrogens is 257 g/mol. The van der Waals surface area contributed by atoms with Crippen LogP contribution >= 0.6 is 0 Å². The molecule has 1 heterocycles. The molecule has 0 radical (unpaired) electrons. The summed E-state index contributed by atoms with van der Waals surface area (Å²) in [7, 11) is 0. The molecule has 1 aromatic rings. The number of hydrogen-bond donors (Lipinski definition) is 1. The third-order valence-electron chi connectivity index (χ3n) is 3.66. The second kappa shape index (κ2) is 7.36. The van der Waals surface area contributed by atoms with Crippen LogP contribution in [0.5, 0.6) is 0 Å². The average molecular weight is 279 g/mol. The molecule has 5 heteroatoms. The lowest BCUT2D eigenvalue weighted by Crippen LogP contribution is -2.37. The van der Waals surface area contributed by atoms with E-state index in [-0.39, 0.29) is 11.7 Å². The van der Waals surface area contributed by atoms with Gasteiger partial charge in [0, 0.05) is 32.7 Å². The second-order valence-corrected chi connectivity index (χ2v) is 5.17. The molecule has 110 valence electrons. The standard InChI is InChI=1S/C15H22FN3O/c16-14-4-2-13(3-5-14)12-15(20)19-8-1-7-18(9-6-17)10-11-19/h2-5H,1,6-12,17H2. The van der Waals surface area contributed by atoms with Crippen molar-refractivity contribution in [2.75, 3.05) is 39.3 Å². The molecule has 0 aromatic heterocycles. The van der Waals surface area contributed by atoms with E-state index in [4.69, 9.17) is 5.73 Å². The van der Waals surface area contributed by atoms with E-state index in [9.17, 15) is 9.18 Å². The van der Waals surface area contributed by atoms with Crippen LogP contribution in [0.2, 0.25) is 0 Å². The van der Waals surface area contributed by atoms with Crippen molar-refractivity contribution < 1.29 is 9.18 Å². The minimum absolute atomic E-state index is 0.117. The lowest BCUT2D eigenvalue weighted by atomic mass is 10.1. The third kappa shape index (κ3) is 4.28. The van der Waals surface area contributed by atoms with Gasteiger partial charge in [0.25, 0.3) is 0 Å². The molecule has 0 unspecified atom stereocenters. The van der Waals surface area contributed by atoms with Crippen LogP contribution in [0.25, 0.3) is 0 Å². The van der Waals surface area contributed by atoms with Crippen LogP contribution in [0.3, 0.4) is 0 Å². The predicted octanol–water partition coefficient (Wildman–Crippen LogP) is 0.861. The van der Waals surface area contributed by atoms with Gasteiger partial charge in [0.05, 0.1) is 6.42 Å². The number of hydrogen-bond acceptors (Lipinski definition) is 3.